The monoisotopic (exact) mass is 437 g/mol. The first-order chi connectivity index (χ1) is 13.4. The summed E-state index contributed by atoms with van der Waals surface area (Å²) in [7, 11) is 0. The number of carbonyl (C=O) groups excluding carboxylic acids is 2. The summed E-state index contributed by atoms with van der Waals surface area (Å²) in [6.45, 7) is 2.60. The predicted octanol–water partition coefficient (Wildman–Crippen LogP) is 2.73. The fraction of sp³-hybridized carbons (Fsp3) is 0.333. The Hall–Kier alpha value is -2.28. The summed E-state index contributed by atoms with van der Waals surface area (Å²) >= 11 is 5.89. The highest BCUT2D eigenvalue weighted by molar-refractivity contribution is 6.30. The van der Waals surface area contributed by atoms with E-state index in [2.05, 4.69) is 28.1 Å². The Labute approximate surface area is 181 Å². The van der Waals surface area contributed by atoms with Gasteiger partial charge in [-0.1, -0.05) is 41.9 Å². The van der Waals surface area contributed by atoms with Crippen molar-refractivity contribution in [3.63, 3.8) is 0 Å². The summed E-state index contributed by atoms with van der Waals surface area (Å²) in [6, 6.07) is 13.7. The van der Waals surface area contributed by atoms with Gasteiger partial charge in [-0.15, -0.1) is 12.4 Å². The van der Waals surface area contributed by atoms with Crippen LogP contribution in [0.4, 0.5) is 0 Å². The molecule has 1 heterocycles. The largest absolute Gasteiger partial charge is 0.508 e. The van der Waals surface area contributed by atoms with Crippen LogP contribution in [0, 0.1) is 0 Å². The second-order valence-corrected chi connectivity index (χ2v) is 7.51. The van der Waals surface area contributed by atoms with E-state index in [4.69, 9.17) is 11.6 Å². The Morgan fingerprint density at radius 3 is 2.66 bits per heavy atom. The molecule has 4 N–H and O–H groups in total. The molecule has 0 radical (unpaired) electrons. The number of halogens is 2. The van der Waals surface area contributed by atoms with Crippen LogP contribution in [-0.4, -0.2) is 35.5 Å². The molecule has 1 aliphatic rings. The Morgan fingerprint density at radius 2 is 1.97 bits per heavy atom. The molecule has 0 saturated carbocycles. The summed E-state index contributed by atoms with van der Waals surface area (Å²) < 4.78 is 0. The van der Waals surface area contributed by atoms with E-state index in [1.165, 1.54) is 17.7 Å². The average Bonchev–Trinajstić information content (AvgIpc) is 3.16. The van der Waals surface area contributed by atoms with Crippen molar-refractivity contribution in [2.24, 2.45) is 0 Å². The van der Waals surface area contributed by atoms with Crippen LogP contribution in [-0.2, 0) is 16.1 Å². The normalized spacial score (nSPS) is 19.1. The number of amides is 2. The molecule has 2 aromatic carbocycles. The summed E-state index contributed by atoms with van der Waals surface area (Å²) in [5.74, 6) is -0.151. The lowest BCUT2D eigenvalue weighted by atomic mass is 9.96. The summed E-state index contributed by atoms with van der Waals surface area (Å²) in [6.07, 6.45) is 0.700. The predicted molar refractivity (Wildman–Crippen MR) is 115 cm³/mol. The van der Waals surface area contributed by atoms with Gasteiger partial charge in [0.15, 0.2) is 0 Å². The van der Waals surface area contributed by atoms with Crippen LogP contribution in [0.2, 0.25) is 5.02 Å². The van der Waals surface area contributed by atoms with Crippen molar-refractivity contribution in [3.05, 3.63) is 64.7 Å². The molecule has 0 bridgehead atoms. The number of rotatable bonds is 6. The van der Waals surface area contributed by atoms with Crippen molar-refractivity contribution in [2.45, 2.75) is 37.9 Å². The fourth-order valence-corrected chi connectivity index (χ4v) is 3.62. The van der Waals surface area contributed by atoms with Gasteiger partial charge in [-0.3, -0.25) is 9.59 Å². The average molecular weight is 438 g/mol. The number of nitrogens with one attached hydrogen (secondary N) is 3. The molecule has 0 aromatic heterocycles. The summed E-state index contributed by atoms with van der Waals surface area (Å²) in [5.41, 5.74) is 1.89. The topological polar surface area (TPSA) is 90.5 Å². The lowest BCUT2D eigenvalue weighted by Gasteiger charge is -2.17. The third-order valence-corrected chi connectivity index (χ3v) is 5.10. The van der Waals surface area contributed by atoms with Crippen LogP contribution in [0.3, 0.4) is 0 Å². The first-order valence-electron chi connectivity index (χ1n) is 9.27. The maximum atomic E-state index is 12.5. The molecule has 1 saturated heterocycles. The highest BCUT2D eigenvalue weighted by Gasteiger charge is 2.31. The Morgan fingerprint density at radius 1 is 1.24 bits per heavy atom. The molecule has 29 heavy (non-hydrogen) atoms. The van der Waals surface area contributed by atoms with Gasteiger partial charge < -0.3 is 21.1 Å². The number of phenols is 1. The number of carbonyl (C=O) groups is 2. The van der Waals surface area contributed by atoms with Crippen LogP contribution in [0.5, 0.6) is 5.75 Å². The molecular weight excluding hydrogens is 413 g/mol. The van der Waals surface area contributed by atoms with Crippen LogP contribution in [0.1, 0.15) is 30.4 Å². The standard InChI is InChI=1S/C21H24ClN3O3.ClH/c1-13(20(27)24-11-14-7-17(22)10-18(26)8-14)25-21(28)19-9-16(12-23-19)15-5-3-2-4-6-15;/h2-8,10,13,16,19,23,26H,9,11-12H2,1H3,(H,24,27)(H,25,28);1H/t13-,16-,19+;/m0./s1. The molecule has 2 aromatic rings. The zero-order valence-corrected chi connectivity index (χ0v) is 17.6. The molecule has 0 unspecified atom stereocenters. The van der Waals surface area contributed by atoms with Crippen molar-refractivity contribution in [3.8, 4) is 5.75 Å². The van der Waals surface area contributed by atoms with Crippen molar-refractivity contribution in [1.29, 1.82) is 0 Å². The molecule has 1 fully saturated rings. The first kappa shape index (κ1) is 23.0. The Kier molecular flexibility index (Phi) is 8.32. The van der Waals surface area contributed by atoms with Crippen molar-refractivity contribution < 1.29 is 14.7 Å². The zero-order valence-electron chi connectivity index (χ0n) is 16.0. The number of hydrogen-bond acceptors (Lipinski definition) is 4. The van der Waals surface area contributed by atoms with Gasteiger partial charge in [-0.05, 0) is 48.6 Å². The molecule has 6 nitrogen and oxygen atoms in total. The lowest BCUT2D eigenvalue weighted by Crippen LogP contribution is -2.49. The zero-order chi connectivity index (χ0) is 20.1. The maximum absolute atomic E-state index is 12.5. The molecule has 2 amide bonds. The molecular formula is C21H25Cl2N3O3. The van der Waals surface area contributed by atoms with Gasteiger partial charge in [0.1, 0.15) is 11.8 Å². The number of hydrogen-bond donors (Lipinski definition) is 4. The maximum Gasteiger partial charge on any atom is 0.242 e. The van der Waals surface area contributed by atoms with Gasteiger partial charge in [0.25, 0.3) is 0 Å². The first-order valence-corrected chi connectivity index (χ1v) is 9.65. The SMILES string of the molecule is C[C@H](NC(=O)[C@H]1C[C@H](c2ccccc2)CN1)C(=O)NCc1cc(O)cc(Cl)c1.Cl. The van der Waals surface area contributed by atoms with E-state index < -0.39 is 6.04 Å². The molecule has 0 aliphatic carbocycles. The van der Waals surface area contributed by atoms with Gasteiger partial charge in [0.05, 0.1) is 6.04 Å². The third kappa shape index (κ3) is 6.35. The minimum Gasteiger partial charge on any atom is -0.508 e. The molecule has 0 spiro atoms. The lowest BCUT2D eigenvalue weighted by molar-refractivity contribution is -0.129. The second-order valence-electron chi connectivity index (χ2n) is 7.07. The van der Waals surface area contributed by atoms with Crippen LogP contribution in [0.15, 0.2) is 48.5 Å². The minimum atomic E-state index is -0.669. The Balaban J connectivity index is 0.00000300. The fourth-order valence-electron chi connectivity index (χ4n) is 3.37. The van der Waals surface area contributed by atoms with Gasteiger partial charge in [-0.2, -0.15) is 0 Å². The number of benzene rings is 2. The minimum absolute atomic E-state index is 0. The molecule has 156 valence electrons. The van der Waals surface area contributed by atoms with Gasteiger partial charge >= 0.3 is 0 Å². The molecule has 1 aliphatic heterocycles. The van der Waals surface area contributed by atoms with Crippen LogP contribution < -0.4 is 16.0 Å². The highest BCUT2D eigenvalue weighted by atomic mass is 35.5. The molecule has 3 atom stereocenters. The second kappa shape index (κ2) is 10.5. The van der Waals surface area contributed by atoms with Gasteiger partial charge in [0.2, 0.25) is 11.8 Å². The Bertz CT molecular complexity index is 828. The van der Waals surface area contributed by atoms with E-state index in [0.717, 1.165) is 6.54 Å². The smallest absolute Gasteiger partial charge is 0.242 e. The van der Waals surface area contributed by atoms with E-state index >= 15 is 0 Å². The van der Waals surface area contributed by atoms with Crippen molar-refractivity contribution >= 4 is 35.8 Å². The van der Waals surface area contributed by atoms with E-state index in [0.29, 0.717) is 17.0 Å². The number of phenolic OH excluding ortho intramolecular Hbond substituents is 1. The van der Waals surface area contributed by atoms with Crippen molar-refractivity contribution in [1.82, 2.24) is 16.0 Å². The van der Waals surface area contributed by atoms with E-state index in [1.54, 1.807) is 13.0 Å². The van der Waals surface area contributed by atoms with E-state index in [1.807, 2.05) is 18.2 Å². The van der Waals surface area contributed by atoms with Crippen LogP contribution >= 0.6 is 24.0 Å². The highest BCUT2D eigenvalue weighted by Crippen LogP contribution is 2.25. The van der Waals surface area contributed by atoms with Gasteiger partial charge in [-0.25, -0.2) is 0 Å². The quantitative estimate of drug-likeness (QED) is 0.559. The number of aromatic hydroxyl groups is 1. The van der Waals surface area contributed by atoms with Crippen LogP contribution in [0.25, 0.3) is 0 Å². The summed E-state index contributed by atoms with van der Waals surface area (Å²) in [4.78, 5) is 24.8. The molecule has 8 heteroatoms. The third-order valence-electron chi connectivity index (χ3n) is 4.88. The van der Waals surface area contributed by atoms with Gasteiger partial charge in [0, 0.05) is 18.1 Å². The van der Waals surface area contributed by atoms with E-state index in [9.17, 15) is 14.7 Å². The van der Waals surface area contributed by atoms with Crippen molar-refractivity contribution in [2.75, 3.05) is 6.54 Å². The molecule has 3 rings (SSSR count). The summed E-state index contributed by atoms with van der Waals surface area (Å²) in [5, 5.41) is 18.7. The van der Waals surface area contributed by atoms with E-state index in [-0.39, 0.29) is 48.5 Å².